The van der Waals surface area contributed by atoms with Crippen LogP contribution in [0.3, 0.4) is 0 Å². The molecule has 100 valence electrons. The topological polar surface area (TPSA) is 24.9 Å². The summed E-state index contributed by atoms with van der Waals surface area (Å²) < 4.78 is 0. The van der Waals surface area contributed by atoms with Crippen molar-refractivity contribution in [2.24, 2.45) is 0 Å². The molecule has 3 heteroatoms. The molecular formula is C17H15ClN2. The van der Waals surface area contributed by atoms with Crippen LogP contribution in [0.5, 0.6) is 0 Å². The maximum atomic E-state index is 6.24. The van der Waals surface area contributed by atoms with E-state index in [0.717, 1.165) is 21.7 Å². The highest BCUT2D eigenvalue weighted by Gasteiger charge is 2.03. The summed E-state index contributed by atoms with van der Waals surface area (Å²) in [5.74, 6) is 0. The monoisotopic (exact) mass is 282 g/mol. The summed E-state index contributed by atoms with van der Waals surface area (Å²) in [5.41, 5.74) is 3.28. The van der Waals surface area contributed by atoms with Gasteiger partial charge in [0.05, 0.1) is 10.7 Å². The highest BCUT2D eigenvalue weighted by molar-refractivity contribution is 6.33. The number of aromatic nitrogens is 1. The van der Waals surface area contributed by atoms with Gasteiger partial charge < -0.3 is 5.32 Å². The van der Waals surface area contributed by atoms with Crippen LogP contribution in [0.1, 0.15) is 11.1 Å². The molecule has 2 aromatic carbocycles. The van der Waals surface area contributed by atoms with E-state index in [9.17, 15) is 0 Å². The van der Waals surface area contributed by atoms with E-state index in [1.807, 2.05) is 43.6 Å². The largest absolute Gasteiger partial charge is 0.380 e. The SMILES string of the molecule is Cc1ccc(NCc2cncc3ccccc23)c(Cl)c1. The van der Waals surface area contributed by atoms with E-state index in [0.29, 0.717) is 6.54 Å². The molecule has 2 nitrogen and oxygen atoms in total. The average Bonchev–Trinajstić information content (AvgIpc) is 2.46. The van der Waals surface area contributed by atoms with Gasteiger partial charge in [-0.2, -0.15) is 0 Å². The molecule has 0 fully saturated rings. The Kier molecular flexibility index (Phi) is 3.57. The van der Waals surface area contributed by atoms with E-state index in [1.165, 1.54) is 10.9 Å². The van der Waals surface area contributed by atoms with Crippen molar-refractivity contribution in [3.63, 3.8) is 0 Å². The van der Waals surface area contributed by atoms with E-state index in [1.54, 1.807) is 0 Å². The van der Waals surface area contributed by atoms with Crippen LogP contribution in [-0.4, -0.2) is 4.98 Å². The lowest BCUT2D eigenvalue weighted by atomic mass is 10.1. The Labute approximate surface area is 123 Å². The number of pyridine rings is 1. The Bertz CT molecular complexity index is 748. The standard InChI is InChI=1S/C17H15ClN2/c1-12-6-7-17(16(18)8-12)20-11-14-10-19-9-13-4-2-3-5-15(13)14/h2-10,20H,11H2,1H3. The summed E-state index contributed by atoms with van der Waals surface area (Å²) >= 11 is 6.24. The predicted molar refractivity (Wildman–Crippen MR) is 85.3 cm³/mol. The number of nitrogens with one attached hydrogen (secondary N) is 1. The molecule has 0 aliphatic heterocycles. The van der Waals surface area contributed by atoms with Crippen molar-refractivity contribution in [1.82, 2.24) is 4.98 Å². The molecule has 1 N–H and O–H groups in total. The maximum Gasteiger partial charge on any atom is 0.0640 e. The first kappa shape index (κ1) is 12.9. The second-order valence-corrected chi connectivity index (χ2v) is 5.26. The fraction of sp³-hybridized carbons (Fsp3) is 0.118. The minimum Gasteiger partial charge on any atom is -0.380 e. The first-order valence-corrected chi connectivity index (χ1v) is 6.93. The highest BCUT2D eigenvalue weighted by atomic mass is 35.5. The van der Waals surface area contributed by atoms with Gasteiger partial charge in [-0.25, -0.2) is 0 Å². The van der Waals surface area contributed by atoms with Crippen molar-refractivity contribution in [2.75, 3.05) is 5.32 Å². The summed E-state index contributed by atoms with van der Waals surface area (Å²) in [4.78, 5) is 4.29. The van der Waals surface area contributed by atoms with Crippen LogP contribution in [-0.2, 0) is 6.54 Å². The predicted octanol–water partition coefficient (Wildman–Crippen LogP) is 4.81. The van der Waals surface area contributed by atoms with Crippen molar-refractivity contribution in [1.29, 1.82) is 0 Å². The van der Waals surface area contributed by atoms with E-state index >= 15 is 0 Å². The third-order valence-corrected chi connectivity index (χ3v) is 3.66. The van der Waals surface area contributed by atoms with Crippen LogP contribution in [0.4, 0.5) is 5.69 Å². The number of fused-ring (bicyclic) bond motifs is 1. The summed E-state index contributed by atoms with van der Waals surface area (Å²) in [6, 6.07) is 14.3. The van der Waals surface area contributed by atoms with Crippen LogP contribution in [0, 0.1) is 6.92 Å². The smallest absolute Gasteiger partial charge is 0.0640 e. The lowest BCUT2D eigenvalue weighted by molar-refractivity contribution is 1.13. The second kappa shape index (κ2) is 5.51. The molecular weight excluding hydrogens is 268 g/mol. The van der Waals surface area contributed by atoms with Gasteiger partial charge in [0.25, 0.3) is 0 Å². The molecule has 0 saturated carbocycles. The molecule has 0 saturated heterocycles. The number of aryl methyl sites for hydroxylation is 1. The van der Waals surface area contributed by atoms with E-state index in [4.69, 9.17) is 11.6 Å². The molecule has 0 radical (unpaired) electrons. The van der Waals surface area contributed by atoms with Gasteiger partial charge in [0.15, 0.2) is 0 Å². The normalized spacial score (nSPS) is 10.7. The number of anilines is 1. The molecule has 0 amide bonds. The fourth-order valence-electron chi connectivity index (χ4n) is 2.27. The van der Waals surface area contributed by atoms with Gasteiger partial charge in [-0.05, 0) is 35.6 Å². The maximum absolute atomic E-state index is 6.24. The molecule has 0 unspecified atom stereocenters. The zero-order valence-corrected chi connectivity index (χ0v) is 12.0. The van der Waals surface area contributed by atoms with Crippen molar-refractivity contribution < 1.29 is 0 Å². The quantitative estimate of drug-likeness (QED) is 0.746. The van der Waals surface area contributed by atoms with Crippen LogP contribution < -0.4 is 5.32 Å². The first-order valence-electron chi connectivity index (χ1n) is 6.56. The Morgan fingerprint density at radius 3 is 2.80 bits per heavy atom. The summed E-state index contributed by atoms with van der Waals surface area (Å²) in [6.07, 6.45) is 3.79. The number of hydrogen-bond donors (Lipinski definition) is 1. The van der Waals surface area contributed by atoms with Crippen molar-refractivity contribution in [3.8, 4) is 0 Å². The zero-order valence-electron chi connectivity index (χ0n) is 11.2. The number of halogens is 1. The molecule has 3 rings (SSSR count). The fourth-order valence-corrected chi connectivity index (χ4v) is 2.58. The highest BCUT2D eigenvalue weighted by Crippen LogP contribution is 2.24. The summed E-state index contributed by atoms with van der Waals surface area (Å²) in [7, 11) is 0. The van der Waals surface area contributed by atoms with Crippen LogP contribution in [0.15, 0.2) is 54.9 Å². The Morgan fingerprint density at radius 1 is 1.10 bits per heavy atom. The van der Waals surface area contributed by atoms with Crippen molar-refractivity contribution in [3.05, 3.63) is 71.0 Å². The summed E-state index contributed by atoms with van der Waals surface area (Å²) in [5, 5.41) is 6.50. The molecule has 0 aliphatic carbocycles. The van der Waals surface area contributed by atoms with Gasteiger partial charge in [0.1, 0.15) is 0 Å². The average molecular weight is 283 g/mol. The third kappa shape index (κ3) is 2.61. The van der Waals surface area contributed by atoms with Crippen LogP contribution in [0.2, 0.25) is 5.02 Å². The molecule has 0 bridgehead atoms. The lowest BCUT2D eigenvalue weighted by Gasteiger charge is -2.10. The first-order chi connectivity index (χ1) is 9.74. The molecule has 1 heterocycles. The zero-order chi connectivity index (χ0) is 13.9. The van der Waals surface area contributed by atoms with Crippen molar-refractivity contribution in [2.45, 2.75) is 13.5 Å². The summed E-state index contributed by atoms with van der Waals surface area (Å²) in [6.45, 7) is 2.74. The van der Waals surface area contributed by atoms with Gasteiger partial charge in [-0.3, -0.25) is 4.98 Å². The molecule has 0 aliphatic rings. The molecule has 3 aromatic rings. The Balaban J connectivity index is 1.87. The minimum atomic E-state index is 0.705. The number of nitrogens with zero attached hydrogens (tertiary/aromatic N) is 1. The minimum absolute atomic E-state index is 0.705. The van der Waals surface area contributed by atoms with Crippen molar-refractivity contribution >= 4 is 28.1 Å². The van der Waals surface area contributed by atoms with E-state index in [-0.39, 0.29) is 0 Å². The number of benzene rings is 2. The van der Waals surface area contributed by atoms with Crippen LogP contribution in [0.25, 0.3) is 10.8 Å². The van der Waals surface area contributed by atoms with Gasteiger partial charge >= 0.3 is 0 Å². The van der Waals surface area contributed by atoms with E-state index < -0.39 is 0 Å². The van der Waals surface area contributed by atoms with Gasteiger partial charge in [0.2, 0.25) is 0 Å². The molecule has 20 heavy (non-hydrogen) atoms. The van der Waals surface area contributed by atoms with E-state index in [2.05, 4.69) is 28.5 Å². The second-order valence-electron chi connectivity index (χ2n) is 4.86. The third-order valence-electron chi connectivity index (χ3n) is 3.34. The molecule has 0 spiro atoms. The number of hydrogen-bond acceptors (Lipinski definition) is 2. The molecule has 0 atom stereocenters. The van der Waals surface area contributed by atoms with Crippen LogP contribution >= 0.6 is 11.6 Å². The van der Waals surface area contributed by atoms with Gasteiger partial charge in [-0.1, -0.05) is 41.9 Å². The van der Waals surface area contributed by atoms with Gasteiger partial charge in [-0.15, -0.1) is 0 Å². The Hall–Kier alpha value is -2.06. The number of rotatable bonds is 3. The van der Waals surface area contributed by atoms with Gasteiger partial charge in [0, 0.05) is 24.3 Å². The lowest BCUT2D eigenvalue weighted by Crippen LogP contribution is -2.01. The Morgan fingerprint density at radius 2 is 1.95 bits per heavy atom. The molecule has 1 aromatic heterocycles.